The van der Waals surface area contributed by atoms with E-state index in [1.165, 1.54) is 0 Å². The van der Waals surface area contributed by atoms with Crippen LogP contribution < -0.4 is 21.5 Å². The number of nitrogens with one attached hydrogen (secondary N) is 2. The summed E-state index contributed by atoms with van der Waals surface area (Å²) in [6.07, 6.45) is 0. The van der Waals surface area contributed by atoms with Crippen LogP contribution in [0.3, 0.4) is 0 Å². The van der Waals surface area contributed by atoms with Gasteiger partial charge < -0.3 is 26.5 Å². The predicted octanol–water partition coefficient (Wildman–Crippen LogP) is 1.88. The third-order valence-corrected chi connectivity index (χ3v) is 3.97. The van der Waals surface area contributed by atoms with Crippen LogP contribution in [0.1, 0.15) is 21.6 Å². The maximum atomic E-state index is 12.1. The Morgan fingerprint density at radius 3 is 2.58 bits per heavy atom. The van der Waals surface area contributed by atoms with Crippen molar-refractivity contribution < 1.29 is 9.53 Å². The van der Waals surface area contributed by atoms with E-state index in [1.54, 1.807) is 13.1 Å². The second-order valence-corrected chi connectivity index (χ2v) is 5.79. The molecular weight excluding hydrogens is 330 g/mol. The third kappa shape index (κ3) is 4.01. The lowest BCUT2D eigenvalue weighted by Crippen LogP contribution is -2.28. The smallest absolute Gasteiger partial charge is 0.296 e. The number of aromatic nitrogens is 1. The van der Waals surface area contributed by atoms with E-state index in [9.17, 15) is 4.79 Å². The second kappa shape index (κ2) is 7.71. The molecule has 0 aliphatic carbocycles. The number of carbonyl (C=O) groups excluding carboxylic acids is 1. The summed E-state index contributed by atoms with van der Waals surface area (Å²) in [7, 11) is 1.60. The van der Waals surface area contributed by atoms with Crippen molar-refractivity contribution in [3.8, 4) is 5.75 Å². The number of hydrogen-bond acceptors (Lipinski definition) is 3. The molecule has 0 bridgehead atoms. The average Bonchev–Trinajstić information content (AvgIpc) is 3.10. The molecule has 134 valence electrons. The lowest BCUT2D eigenvalue weighted by molar-refractivity contribution is 0.0998. The number of hydrogen-bond donors (Lipinski definition) is 4. The lowest BCUT2D eigenvalue weighted by Gasteiger charge is -2.07. The molecule has 7 heteroatoms. The van der Waals surface area contributed by atoms with Gasteiger partial charge in [-0.25, -0.2) is 0 Å². The van der Waals surface area contributed by atoms with Crippen molar-refractivity contribution >= 4 is 22.8 Å². The maximum absolute atomic E-state index is 12.1. The zero-order valence-corrected chi connectivity index (χ0v) is 14.5. The highest BCUT2D eigenvalue weighted by Crippen LogP contribution is 2.22. The van der Waals surface area contributed by atoms with Crippen molar-refractivity contribution in [3.05, 3.63) is 65.4 Å². The molecule has 3 rings (SSSR count). The molecule has 2 aromatic carbocycles. The molecule has 0 aliphatic rings. The van der Waals surface area contributed by atoms with Gasteiger partial charge in [-0.05, 0) is 29.3 Å². The van der Waals surface area contributed by atoms with Crippen molar-refractivity contribution in [2.75, 3.05) is 7.05 Å². The third-order valence-electron chi connectivity index (χ3n) is 3.97. The van der Waals surface area contributed by atoms with Crippen LogP contribution in [0.5, 0.6) is 5.75 Å². The second-order valence-electron chi connectivity index (χ2n) is 5.79. The topological polar surface area (TPSA) is 119 Å². The monoisotopic (exact) mass is 351 g/mol. The number of H-pyrrole nitrogens is 1. The van der Waals surface area contributed by atoms with Crippen LogP contribution in [-0.2, 0) is 13.2 Å². The number of aromatic amines is 1. The van der Waals surface area contributed by atoms with E-state index in [-0.39, 0.29) is 5.96 Å². The van der Waals surface area contributed by atoms with E-state index < -0.39 is 5.91 Å². The highest BCUT2D eigenvalue weighted by Gasteiger charge is 2.10. The summed E-state index contributed by atoms with van der Waals surface area (Å²) in [6, 6.07) is 15.3. The van der Waals surface area contributed by atoms with Gasteiger partial charge in [-0.15, -0.1) is 0 Å². The van der Waals surface area contributed by atoms with Crippen molar-refractivity contribution in [1.29, 1.82) is 0 Å². The fraction of sp³-hybridized carbons (Fsp3) is 0.158. The minimum Gasteiger partial charge on any atom is -0.489 e. The minimum atomic E-state index is -0.435. The van der Waals surface area contributed by atoms with Gasteiger partial charge in [-0.1, -0.05) is 24.3 Å². The molecule has 0 atom stereocenters. The summed E-state index contributed by atoms with van der Waals surface area (Å²) in [5.41, 5.74) is 14.4. The van der Waals surface area contributed by atoms with Crippen molar-refractivity contribution in [2.24, 2.45) is 16.5 Å². The number of carbonyl (C=O) groups is 1. The molecule has 0 radical (unpaired) electrons. The Bertz CT molecular complexity index is 944. The molecule has 26 heavy (non-hydrogen) atoms. The van der Waals surface area contributed by atoms with E-state index in [0.717, 1.165) is 22.0 Å². The fourth-order valence-corrected chi connectivity index (χ4v) is 2.47. The van der Waals surface area contributed by atoms with Gasteiger partial charge >= 0.3 is 0 Å². The Hall–Kier alpha value is -3.32. The molecule has 1 amide bonds. The minimum absolute atomic E-state index is 0.0679. The molecule has 0 saturated carbocycles. The summed E-state index contributed by atoms with van der Waals surface area (Å²) in [4.78, 5) is 18.8. The van der Waals surface area contributed by atoms with Gasteiger partial charge in [0.2, 0.25) is 0 Å². The van der Waals surface area contributed by atoms with Gasteiger partial charge in [-0.3, -0.25) is 4.79 Å². The molecule has 1 aromatic heterocycles. The Labute approximate surface area is 151 Å². The highest BCUT2D eigenvalue weighted by molar-refractivity contribution is 6.04. The van der Waals surface area contributed by atoms with Crippen LogP contribution in [0.15, 0.2) is 53.5 Å². The predicted molar refractivity (Wildman–Crippen MR) is 102 cm³/mol. The number of fused-ring (bicyclic) bond motifs is 1. The van der Waals surface area contributed by atoms with Gasteiger partial charge in [0.05, 0.1) is 0 Å². The van der Waals surface area contributed by atoms with Crippen molar-refractivity contribution in [1.82, 2.24) is 10.3 Å². The Morgan fingerprint density at radius 2 is 1.88 bits per heavy atom. The van der Waals surface area contributed by atoms with Crippen LogP contribution >= 0.6 is 0 Å². The SMILES string of the molecule is CNC(N)=NC(=O)c1cc2ccc(OCc3ccc(CN)cc3)cc2[nH]1. The summed E-state index contributed by atoms with van der Waals surface area (Å²) in [5.74, 6) is 0.341. The zero-order valence-electron chi connectivity index (χ0n) is 14.5. The Morgan fingerprint density at radius 1 is 1.15 bits per heavy atom. The molecule has 0 unspecified atom stereocenters. The van der Waals surface area contributed by atoms with Crippen LogP contribution in [-0.4, -0.2) is 23.9 Å². The molecule has 0 aliphatic heterocycles. The van der Waals surface area contributed by atoms with E-state index in [0.29, 0.717) is 24.6 Å². The van der Waals surface area contributed by atoms with E-state index in [2.05, 4.69) is 15.3 Å². The number of ether oxygens (including phenoxy) is 1. The summed E-state index contributed by atoms with van der Waals surface area (Å²) < 4.78 is 5.83. The van der Waals surface area contributed by atoms with Crippen LogP contribution in [0, 0.1) is 0 Å². The number of aliphatic imine (C=N–C) groups is 1. The molecule has 3 aromatic rings. The van der Waals surface area contributed by atoms with Crippen molar-refractivity contribution in [2.45, 2.75) is 13.2 Å². The van der Waals surface area contributed by atoms with Gasteiger partial charge in [0.1, 0.15) is 18.1 Å². The quantitative estimate of drug-likeness (QED) is 0.413. The summed E-state index contributed by atoms with van der Waals surface area (Å²) >= 11 is 0. The first-order valence-corrected chi connectivity index (χ1v) is 8.18. The first kappa shape index (κ1) is 17.5. The van der Waals surface area contributed by atoms with E-state index in [1.807, 2.05) is 42.5 Å². The van der Waals surface area contributed by atoms with Crippen LogP contribution in [0.4, 0.5) is 0 Å². The van der Waals surface area contributed by atoms with E-state index in [4.69, 9.17) is 16.2 Å². The number of guanidine groups is 1. The van der Waals surface area contributed by atoms with Crippen LogP contribution in [0.25, 0.3) is 10.9 Å². The van der Waals surface area contributed by atoms with Gasteiger partial charge in [-0.2, -0.15) is 4.99 Å². The fourth-order valence-electron chi connectivity index (χ4n) is 2.47. The molecule has 1 heterocycles. The van der Waals surface area contributed by atoms with Crippen molar-refractivity contribution in [3.63, 3.8) is 0 Å². The summed E-state index contributed by atoms with van der Waals surface area (Å²) in [5, 5.41) is 3.51. The molecule has 0 spiro atoms. The standard InChI is InChI=1S/C19H21N5O2/c1-22-19(21)24-18(25)17-8-14-6-7-15(9-16(14)23-17)26-11-13-4-2-12(10-20)3-5-13/h2-9,23H,10-11,20H2,1H3,(H3,21,22,24,25). The average molecular weight is 351 g/mol. The Kier molecular flexibility index (Phi) is 5.19. The maximum Gasteiger partial charge on any atom is 0.296 e. The number of rotatable bonds is 5. The summed E-state index contributed by atoms with van der Waals surface area (Å²) in [6.45, 7) is 0.974. The van der Waals surface area contributed by atoms with Gasteiger partial charge in [0.15, 0.2) is 5.96 Å². The molecule has 0 fully saturated rings. The molecule has 7 nitrogen and oxygen atoms in total. The van der Waals surface area contributed by atoms with Gasteiger partial charge in [0.25, 0.3) is 5.91 Å². The molecule has 6 N–H and O–H groups in total. The molecular formula is C19H21N5O2. The number of amides is 1. The lowest BCUT2D eigenvalue weighted by atomic mass is 10.1. The molecule has 0 saturated heterocycles. The normalized spacial score (nSPS) is 11.5. The number of nitrogens with zero attached hydrogens (tertiary/aromatic N) is 1. The number of benzene rings is 2. The Balaban J connectivity index is 1.73. The van der Waals surface area contributed by atoms with Crippen LogP contribution in [0.2, 0.25) is 0 Å². The first-order chi connectivity index (χ1) is 12.6. The number of nitrogens with two attached hydrogens (primary N) is 2. The van der Waals surface area contributed by atoms with Gasteiger partial charge in [0, 0.05) is 30.6 Å². The zero-order chi connectivity index (χ0) is 18.5. The first-order valence-electron chi connectivity index (χ1n) is 8.18. The highest BCUT2D eigenvalue weighted by atomic mass is 16.5. The largest absolute Gasteiger partial charge is 0.489 e. The van der Waals surface area contributed by atoms with E-state index >= 15 is 0 Å².